The topological polar surface area (TPSA) is 83.1 Å². The molecule has 1 unspecified atom stereocenters. The second-order valence-corrected chi connectivity index (χ2v) is 7.76. The number of halogens is 3. The first-order valence-electron chi connectivity index (χ1n) is 8.50. The molecule has 1 N–H and O–H groups in total. The molecule has 10 heteroatoms. The Morgan fingerprint density at radius 2 is 2.18 bits per heavy atom. The van der Waals surface area contributed by atoms with Gasteiger partial charge in [0.25, 0.3) is 5.91 Å². The fourth-order valence-corrected chi connectivity index (χ4v) is 3.81. The number of alkyl halides is 3. The van der Waals surface area contributed by atoms with Crippen molar-refractivity contribution in [1.29, 1.82) is 5.26 Å². The number of thiophene rings is 1. The maximum atomic E-state index is 13.2. The van der Waals surface area contributed by atoms with E-state index >= 15 is 0 Å². The molecule has 0 radical (unpaired) electrons. The number of hydrogen-bond donors (Lipinski definition) is 1. The first-order valence-corrected chi connectivity index (χ1v) is 9.32. The third-order valence-electron chi connectivity index (χ3n) is 4.61. The van der Waals surface area contributed by atoms with Crippen LogP contribution < -0.4 is 5.32 Å². The van der Waals surface area contributed by atoms with Crippen molar-refractivity contribution in [2.24, 2.45) is 5.92 Å². The summed E-state index contributed by atoms with van der Waals surface area (Å²) in [5.74, 6) is -1.48. The zero-order valence-electron chi connectivity index (χ0n) is 14.6. The number of nitrogens with zero attached hydrogens (tertiary/aromatic N) is 4. The normalized spacial score (nSPS) is 15.4. The zero-order chi connectivity index (χ0) is 20.1. The fourth-order valence-electron chi connectivity index (χ4n) is 3.05. The van der Waals surface area contributed by atoms with Crippen molar-refractivity contribution in [2.45, 2.75) is 32.0 Å². The lowest BCUT2D eigenvalue weighted by Gasteiger charge is -2.20. The maximum absolute atomic E-state index is 13.2. The Hall–Kier alpha value is -2.93. The van der Waals surface area contributed by atoms with Gasteiger partial charge in [0.1, 0.15) is 23.3 Å². The Balaban J connectivity index is 1.71. The Morgan fingerprint density at radius 3 is 2.79 bits per heavy atom. The molecule has 1 atom stereocenters. The third kappa shape index (κ3) is 3.33. The molecule has 0 saturated heterocycles. The van der Waals surface area contributed by atoms with Gasteiger partial charge in [0, 0.05) is 5.69 Å². The molecule has 3 aromatic rings. The number of carbonyl (C=O) groups is 1. The summed E-state index contributed by atoms with van der Waals surface area (Å²) in [4.78, 5) is 22.2. The van der Waals surface area contributed by atoms with Crippen molar-refractivity contribution in [3.8, 4) is 16.6 Å². The van der Waals surface area contributed by atoms with Crippen LogP contribution in [-0.2, 0) is 0 Å². The van der Waals surface area contributed by atoms with Gasteiger partial charge in [-0.2, -0.15) is 18.4 Å². The first-order chi connectivity index (χ1) is 13.3. The van der Waals surface area contributed by atoms with E-state index in [0.717, 1.165) is 4.88 Å². The second-order valence-electron chi connectivity index (χ2n) is 6.68. The van der Waals surface area contributed by atoms with E-state index in [2.05, 4.69) is 15.3 Å². The predicted molar refractivity (Wildman–Crippen MR) is 95.8 cm³/mol. The highest BCUT2D eigenvalue weighted by Gasteiger charge is 2.50. The minimum absolute atomic E-state index is 0.156. The Kier molecular flexibility index (Phi) is 4.34. The molecule has 1 fully saturated rings. The highest BCUT2D eigenvalue weighted by Crippen LogP contribution is 2.40. The van der Waals surface area contributed by atoms with Gasteiger partial charge in [0.15, 0.2) is 11.3 Å². The SMILES string of the molecule is Cc1cc(-c2ccc(C#N)s2)nc2c(C(=O)NC(C3CC3)C(F)(F)F)ncn12. The lowest BCUT2D eigenvalue weighted by molar-refractivity contribution is -0.158. The van der Waals surface area contributed by atoms with Gasteiger partial charge in [-0.25, -0.2) is 9.97 Å². The van der Waals surface area contributed by atoms with Crippen molar-refractivity contribution in [1.82, 2.24) is 19.7 Å². The van der Waals surface area contributed by atoms with Crippen molar-refractivity contribution in [3.63, 3.8) is 0 Å². The Bertz CT molecular complexity index is 1110. The van der Waals surface area contributed by atoms with Crippen LogP contribution >= 0.6 is 11.3 Å². The number of imidazole rings is 1. The first kappa shape index (κ1) is 18.4. The van der Waals surface area contributed by atoms with Gasteiger partial charge in [-0.05, 0) is 43.9 Å². The van der Waals surface area contributed by atoms with Crippen LogP contribution in [0.25, 0.3) is 16.2 Å². The third-order valence-corrected chi connectivity index (χ3v) is 5.62. The lowest BCUT2D eigenvalue weighted by atomic mass is 10.1. The van der Waals surface area contributed by atoms with E-state index in [4.69, 9.17) is 5.26 Å². The number of fused-ring (bicyclic) bond motifs is 1. The Labute approximate surface area is 161 Å². The van der Waals surface area contributed by atoms with Crippen LogP contribution in [0, 0.1) is 24.2 Å². The van der Waals surface area contributed by atoms with Crippen molar-refractivity contribution in [3.05, 3.63) is 40.8 Å². The summed E-state index contributed by atoms with van der Waals surface area (Å²) in [5, 5.41) is 11.1. The van der Waals surface area contributed by atoms with Crippen molar-refractivity contribution < 1.29 is 18.0 Å². The van der Waals surface area contributed by atoms with Gasteiger partial charge in [0.2, 0.25) is 0 Å². The van der Waals surface area contributed by atoms with E-state index in [0.29, 0.717) is 29.1 Å². The number of aromatic nitrogens is 3. The average molecular weight is 405 g/mol. The van der Waals surface area contributed by atoms with Crippen LogP contribution in [0.4, 0.5) is 13.2 Å². The van der Waals surface area contributed by atoms with Gasteiger partial charge in [-0.1, -0.05) is 0 Å². The monoisotopic (exact) mass is 405 g/mol. The molecule has 0 aliphatic heterocycles. The number of carbonyl (C=O) groups excluding carboxylic acids is 1. The standard InChI is InChI=1S/C18H14F3N5OS/c1-9-6-12(13-5-4-11(7-22)28-13)24-16-14(23-8-26(9)16)17(27)25-15(10-2-3-10)18(19,20)21/h4-6,8,10,15H,2-3H2,1H3,(H,25,27). The summed E-state index contributed by atoms with van der Waals surface area (Å²) in [7, 11) is 0. The molecule has 3 aromatic heterocycles. The minimum Gasteiger partial charge on any atom is -0.339 e. The van der Waals surface area contributed by atoms with Crippen LogP contribution in [0.5, 0.6) is 0 Å². The molecule has 1 aliphatic rings. The lowest BCUT2D eigenvalue weighted by Crippen LogP contribution is -2.47. The van der Waals surface area contributed by atoms with E-state index in [1.165, 1.54) is 17.7 Å². The summed E-state index contributed by atoms with van der Waals surface area (Å²) in [6, 6.07) is 5.34. The zero-order valence-corrected chi connectivity index (χ0v) is 15.4. The molecule has 0 spiro atoms. The summed E-state index contributed by atoms with van der Waals surface area (Å²) < 4.78 is 41.2. The van der Waals surface area contributed by atoms with Gasteiger partial charge in [-0.15, -0.1) is 11.3 Å². The van der Waals surface area contributed by atoms with E-state index in [1.54, 1.807) is 29.5 Å². The number of rotatable bonds is 4. The summed E-state index contributed by atoms with van der Waals surface area (Å²) in [6.45, 7) is 1.78. The molecule has 28 heavy (non-hydrogen) atoms. The molecular weight excluding hydrogens is 391 g/mol. The molecule has 0 aromatic carbocycles. The number of aryl methyl sites for hydroxylation is 1. The molecule has 0 bridgehead atoms. The molecule has 3 heterocycles. The predicted octanol–water partition coefficient (Wildman–Crippen LogP) is 3.71. The van der Waals surface area contributed by atoms with Crippen molar-refractivity contribution >= 4 is 22.9 Å². The molecule has 6 nitrogen and oxygen atoms in total. The largest absolute Gasteiger partial charge is 0.408 e. The fraction of sp³-hybridized carbons (Fsp3) is 0.333. The van der Waals surface area contributed by atoms with Crippen LogP contribution in [0.1, 0.15) is 33.9 Å². The quantitative estimate of drug-likeness (QED) is 0.717. The summed E-state index contributed by atoms with van der Waals surface area (Å²) >= 11 is 1.24. The number of nitrogens with one attached hydrogen (secondary N) is 1. The van der Waals surface area contributed by atoms with Gasteiger partial charge in [-0.3, -0.25) is 9.20 Å². The smallest absolute Gasteiger partial charge is 0.339 e. The van der Waals surface area contributed by atoms with Crippen LogP contribution in [0.3, 0.4) is 0 Å². The molecule has 144 valence electrons. The second kappa shape index (κ2) is 6.60. The van der Waals surface area contributed by atoms with Gasteiger partial charge >= 0.3 is 6.18 Å². The average Bonchev–Trinajstić information content (AvgIpc) is 3.18. The van der Waals surface area contributed by atoms with Crippen LogP contribution in [0.2, 0.25) is 0 Å². The molecule has 1 amide bonds. The maximum Gasteiger partial charge on any atom is 0.408 e. The summed E-state index contributed by atoms with van der Waals surface area (Å²) in [6.07, 6.45) is -2.26. The van der Waals surface area contributed by atoms with Crippen LogP contribution in [0.15, 0.2) is 24.5 Å². The van der Waals surface area contributed by atoms with Crippen LogP contribution in [-0.4, -0.2) is 32.5 Å². The van der Waals surface area contributed by atoms with E-state index in [1.807, 2.05) is 6.07 Å². The Morgan fingerprint density at radius 1 is 1.43 bits per heavy atom. The van der Waals surface area contributed by atoms with E-state index in [9.17, 15) is 18.0 Å². The van der Waals surface area contributed by atoms with Crippen molar-refractivity contribution in [2.75, 3.05) is 0 Å². The number of hydrogen-bond acceptors (Lipinski definition) is 5. The minimum atomic E-state index is -4.51. The van der Waals surface area contributed by atoms with E-state index in [-0.39, 0.29) is 11.3 Å². The highest BCUT2D eigenvalue weighted by molar-refractivity contribution is 7.15. The summed E-state index contributed by atoms with van der Waals surface area (Å²) in [5.41, 5.74) is 1.27. The number of nitriles is 1. The molecular formula is C18H14F3N5OS. The number of amides is 1. The van der Waals surface area contributed by atoms with E-state index < -0.39 is 24.0 Å². The van der Waals surface area contributed by atoms with Gasteiger partial charge < -0.3 is 5.32 Å². The highest BCUT2D eigenvalue weighted by atomic mass is 32.1. The molecule has 1 saturated carbocycles. The van der Waals surface area contributed by atoms with Gasteiger partial charge in [0.05, 0.1) is 10.6 Å². The molecule has 1 aliphatic carbocycles. The molecule has 4 rings (SSSR count).